The monoisotopic (exact) mass is 296 g/mol. The third-order valence-corrected chi connectivity index (χ3v) is 2.99. The van der Waals surface area contributed by atoms with E-state index in [-0.39, 0.29) is 17.9 Å². The van der Waals surface area contributed by atoms with Gasteiger partial charge in [0.2, 0.25) is 0 Å². The number of nitrogens with zero attached hydrogens (tertiary/aromatic N) is 1. The second-order valence-corrected chi connectivity index (χ2v) is 6.41. The molecule has 7 heteroatoms. The third kappa shape index (κ3) is 6.78. The van der Waals surface area contributed by atoms with E-state index in [1.807, 2.05) is 27.7 Å². The van der Waals surface area contributed by atoms with Crippen molar-refractivity contribution in [2.24, 2.45) is 5.41 Å². The maximum Gasteiger partial charge on any atom is 0.315 e. The fourth-order valence-electron chi connectivity index (χ4n) is 2.09. The van der Waals surface area contributed by atoms with Crippen molar-refractivity contribution in [2.75, 3.05) is 0 Å². The topological polar surface area (TPSA) is 107 Å². The van der Waals surface area contributed by atoms with E-state index in [9.17, 15) is 9.59 Å². The number of rotatable bonds is 6. The van der Waals surface area contributed by atoms with E-state index in [0.717, 1.165) is 11.3 Å². The lowest BCUT2D eigenvalue weighted by Crippen LogP contribution is -2.44. The molecule has 0 aromatic carbocycles. The molecule has 1 aromatic heterocycles. The molecule has 0 bridgehead atoms. The van der Waals surface area contributed by atoms with E-state index >= 15 is 0 Å². The van der Waals surface area contributed by atoms with Gasteiger partial charge in [0.15, 0.2) is 0 Å². The summed E-state index contributed by atoms with van der Waals surface area (Å²) >= 11 is 0. The number of amides is 2. The van der Waals surface area contributed by atoms with Gasteiger partial charge in [-0.05, 0) is 18.8 Å². The molecule has 1 atom stereocenters. The Morgan fingerprint density at radius 1 is 1.43 bits per heavy atom. The smallest absolute Gasteiger partial charge is 0.315 e. The number of urea groups is 1. The van der Waals surface area contributed by atoms with Crippen LogP contribution in [0.3, 0.4) is 0 Å². The van der Waals surface area contributed by atoms with Crippen molar-refractivity contribution in [3.05, 3.63) is 17.5 Å². The van der Waals surface area contributed by atoms with Gasteiger partial charge in [-0.25, -0.2) is 4.79 Å². The van der Waals surface area contributed by atoms with Crippen LogP contribution in [0.2, 0.25) is 0 Å². The molecular formula is C14H24N4O3. The molecule has 0 radical (unpaired) electrons. The Balaban J connectivity index is 2.51. The summed E-state index contributed by atoms with van der Waals surface area (Å²) in [5.74, 6) is -0.921. The van der Waals surface area contributed by atoms with Crippen LogP contribution in [0.25, 0.3) is 0 Å². The minimum atomic E-state index is -0.921. The van der Waals surface area contributed by atoms with E-state index in [2.05, 4.69) is 20.8 Å². The highest BCUT2D eigenvalue weighted by molar-refractivity contribution is 5.75. The first kappa shape index (κ1) is 17.0. The summed E-state index contributed by atoms with van der Waals surface area (Å²) in [4.78, 5) is 22.8. The summed E-state index contributed by atoms with van der Waals surface area (Å²) in [6, 6.07) is -0.765. The summed E-state index contributed by atoms with van der Waals surface area (Å²) in [6.07, 6.45) is 2.16. The summed E-state index contributed by atoms with van der Waals surface area (Å²) in [5.41, 5.74) is 1.73. The van der Waals surface area contributed by atoms with Gasteiger partial charge in [0.1, 0.15) is 0 Å². The lowest BCUT2D eigenvalue weighted by atomic mass is 9.87. The van der Waals surface area contributed by atoms with Crippen molar-refractivity contribution in [3.8, 4) is 0 Å². The fraction of sp³-hybridized carbons (Fsp3) is 0.643. The van der Waals surface area contributed by atoms with Gasteiger partial charge < -0.3 is 15.7 Å². The molecule has 0 saturated carbocycles. The van der Waals surface area contributed by atoms with Crippen LogP contribution in [0.1, 0.15) is 44.9 Å². The second-order valence-electron chi connectivity index (χ2n) is 6.41. The highest BCUT2D eigenvalue weighted by atomic mass is 16.4. The van der Waals surface area contributed by atoms with E-state index in [1.165, 1.54) is 0 Å². The molecule has 0 aliphatic rings. The quantitative estimate of drug-likeness (QED) is 0.642. The standard InChI is InChI=1S/C14H24N4O3/c1-9-10(8-16-18-9)7-15-13(21)17-11(5-12(19)20)6-14(2,3)4/h8,11H,5-7H2,1-4H3,(H,16,18)(H,19,20)(H2,15,17,21). The van der Waals surface area contributed by atoms with Crippen LogP contribution < -0.4 is 10.6 Å². The Morgan fingerprint density at radius 2 is 2.10 bits per heavy atom. The van der Waals surface area contributed by atoms with Crippen LogP contribution in [-0.2, 0) is 11.3 Å². The minimum Gasteiger partial charge on any atom is -0.481 e. The van der Waals surface area contributed by atoms with Gasteiger partial charge >= 0.3 is 12.0 Å². The molecule has 4 N–H and O–H groups in total. The van der Waals surface area contributed by atoms with Crippen molar-refractivity contribution < 1.29 is 14.7 Å². The highest BCUT2D eigenvalue weighted by Crippen LogP contribution is 2.22. The predicted molar refractivity (Wildman–Crippen MR) is 78.8 cm³/mol. The van der Waals surface area contributed by atoms with Crippen molar-refractivity contribution in [2.45, 2.75) is 53.1 Å². The number of carbonyl (C=O) groups excluding carboxylic acids is 1. The molecule has 0 fully saturated rings. The van der Waals surface area contributed by atoms with Gasteiger partial charge in [-0.3, -0.25) is 9.89 Å². The Hall–Kier alpha value is -2.05. The van der Waals surface area contributed by atoms with E-state index in [4.69, 9.17) is 5.11 Å². The molecule has 1 aromatic rings. The summed E-state index contributed by atoms with van der Waals surface area (Å²) in [6.45, 7) is 8.25. The zero-order valence-electron chi connectivity index (χ0n) is 13.0. The van der Waals surface area contributed by atoms with Gasteiger partial charge in [0.25, 0.3) is 0 Å². The zero-order valence-corrected chi connectivity index (χ0v) is 13.0. The van der Waals surface area contributed by atoms with Crippen LogP contribution in [0.4, 0.5) is 4.79 Å². The molecule has 118 valence electrons. The molecule has 1 unspecified atom stereocenters. The van der Waals surface area contributed by atoms with Crippen LogP contribution in [0.5, 0.6) is 0 Å². The largest absolute Gasteiger partial charge is 0.481 e. The number of nitrogens with one attached hydrogen (secondary N) is 3. The molecule has 0 aliphatic carbocycles. The van der Waals surface area contributed by atoms with Crippen LogP contribution in [0, 0.1) is 12.3 Å². The Bertz CT molecular complexity index is 491. The Morgan fingerprint density at radius 3 is 2.57 bits per heavy atom. The van der Waals surface area contributed by atoms with E-state index in [1.54, 1.807) is 6.20 Å². The second kappa shape index (κ2) is 7.10. The van der Waals surface area contributed by atoms with Gasteiger partial charge in [-0.15, -0.1) is 0 Å². The average Bonchev–Trinajstić information content (AvgIpc) is 2.69. The molecule has 0 saturated heterocycles. The normalized spacial score (nSPS) is 12.8. The number of aryl methyl sites for hydroxylation is 1. The van der Waals surface area contributed by atoms with Crippen LogP contribution in [0.15, 0.2) is 6.20 Å². The minimum absolute atomic E-state index is 0.0610. The molecule has 1 heterocycles. The number of hydrogen-bond acceptors (Lipinski definition) is 3. The van der Waals surface area contributed by atoms with E-state index < -0.39 is 12.0 Å². The first-order valence-electron chi connectivity index (χ1n) is 6.92. The number of hydrogen-bond donors (Lipinski definition) is 4. The fourth-order valence-corrected chi connectivity index (χ4v) is 2.09. The van der Waals surface area contributed by atoms with Crippen molar-refractivity contribution in [3.63, 3.8) is 0 Å². The number of aliphatic carboxylic acids is 1. The van der Waals surface area contributed by atoms with Crippen molar-refractivity contribution in [1.29, 1.82) is 0 Å². The molecule has 2 amide bonds. The predicted octanol–water partition coefficient (Wildman–Crippen LogP) is 1.80. The lowest BCUT2D eigenvalue weighted by molar-refractivity contribution is -0.137. The molecule has 0 spiro atoms. The van der Waals surface area contributed by atoms with E-state index in [0.29, 0.717) is 13.0 Å². The third-order valence-electron chi connectivity index (χ3n) is 2.99. The highest BCUT2D eigenvalue weighted by Gasteiger charge is 2.22. The number of carbonyl (C=O) groups is 2. The van der Waals surface area contributed by atoms with Gasteiger partial charge in [0, 0.05) is 23.8 Å². The Labute approximate surface area is 124 Å². The SMILES string of the molecule is Cc1[nH]ncc1CNC(=O)NC(CC(=O)O)CC(C)(C)C. The molecule has 0 aliphatic heterocycles. The van der Waals surface area contributed by atoms with Gasteiger partial charge in [-0.1, -0.05) is 20.8 Å². The first-order valence-corrected chi connectivity index (χ1v) is 6.92. The average molecular weight is 296 g/mol. The number of carboxylic acids is 1. The molecule has 21 heavy (non-hydrogen) atoms. The maximum atomic E-state index is 11.9. The van der Waals surface area contributed by atoms with Gasteiger partial charge in [0.05, 0.1) is 12.6 Å². The van der Waals surface area contributed by atoms with Crippen molar-refractivity contribution >= 4 is 12.0 Å². The lowest BCUT2D eigenvalue weighted by Gasteiger charge is -2.25. The molecule has 7 nitrogen and oxygen atoms in total. The van der Waals surface area contributed by atoms with Crippen LogP contribution in [-0.4, -0.2) is 33.3 Å². The summed E-state index contributed by atoms with van der Waals surface area (Å²) in [7, 11) is 0. The molecular weight excluding hydrogens is 272 g/mol. The first-order chi connectivity index (χ1) is 9.67. The number of H-pyrrole nitrogens is 1. The number of carboxylic acid groups (broad SMARTS) is 1. The summed E-state index contributed by atoms with van der Waals surface area (Å²) < 4.78 is 0. The van der Waals surface area contributed by atoms with Gasteiger partial charge in [-0.2, -0.15) is 5.10 Å². The number of aromatic amines is 1. The zero-order chi connectivity index (χ0) is 16.0. The summed E-state index contributed by atoms with van der Waals surface area (Å²) in [5, 5.41) is 21.0. The van der Waals surface area contributed by atoms with Crippen molar-refractivity contribution in [1.82, 2.24) is 20.8 Å². The number of aromatic nitrogens is 2. The Kier molecular flexibility index (Phi) is 5.75. The van der Waals surface area contributed by atoms with Crippen LogP contribution >= 0.6 is 0 Å². The maximum absolute atomic E-state index is 11.9. The molecule has 1 rings (SSSR count).